The molecule has 3 aromatic rings. The van der Waals surface area contributed by atoms with E-state index in [2.05, 4.69) is 20.2 Å². The van der Waals surface area contributed by atoms with Crippen molar-refractivity contribution in [1.29, 1.82) is 0 Å². The summed E-state index contributed by atoms with van der Waals surface area (Å²) < 4.78 is 12.8. The van der Waals surface area contributed by atoms with Gasteiger partial charge in [-0.25, -0.2) is 14.4 Å². The van der Waals surface area contributed by atoms with E-state index in [1.54, 1.807) is 12.1 Å². The molecule has 6 heteroatoms. The summed E-state index contributed by atoms with van der Waals surface area (Å²) in [4.78, 5) is 8.44. The fourth-order valence-electron chi connectivity index (χ4n) is 1.44. The molecule has 0 atom stereocenters. The van der Waals surface area contributed by atoms with Crippen molar-refractivity contribution in [3.8, 4) is 22.1 Å². The fraction of sp³-hybridized carbons (Fsp3) is 0. The van der Waals surface area contributed by atoms with Crippen molar-refractivity contribution < 1.29 is 4.39 Å². The zero-order valence-corrected chi connectivity index (χ0v) is 9.41. The molecular formula is C11H7FN4S. The predicted molar refractivity (Wildman–Crippen MR) is 62.9 cm³/mol. The molecule has 4 nitrogen and oxygen atoms in total. The first-order valence-corrected chi connectivity index (χ1v) is 5.78. The second-order valence-electron chi connectivity index (χ2n) is 3.38. The number of aromatic nitrogens is 4. The van der Waals surface area contributed by atoms with Gasteiger partial charge in [-0.2, -0.15) is 5.10 Å². The fourth-order valence-corrected chi connectivity index (χ4v) is 2.22. The van der Waals surface area contributed by atoms with Crippen LogP contribution in [0.3, 0.4) is 0 Å². The van der Waals surface area contributed by atoms with E-state index >= 15 is 0 Å². The Labute approximate surface area is 100 Å². The van der Waals surface area contributed by atoms with Crippen LogP contribution in [0.25, 0.3) is 22.1 Å². The molecule has 0 saturated carbocycles. The Bertz CT molecular complexity index is 615. The topological polar surface area (TPSA) is 54.5 Å². The van der Waals surface area contributed by atoms with Gasteiger partial charge in [-0.05, 0) is 24.3 Å². The average Bonchev–Trinajstić information content (AvgIpc) is 3.00. The molecule has 2 heterocycles. The van der Waals surface area contributed by atoms with E-state index in [0.717, 1.165) is 16.3 Å². The number of benzene rings is 1. The Balaban J connectivity index is 1.98. The van der Waals surface area contributed by atoms with Crippen LogP contribution in [0.2, 0.25) is 0 Å². The lowest BCUT2D eigenvalue weighted by atomic mass is 10.2. The van der Waals surface area contributed by atoms with Crippen molar-refractivity contribution in [3.05, 3.63) is 41.8 Å². The molecule has 0 aliphatic heterocycles. The number of halogens is 1. The van der Waals surface area contributed by atoms with E-state index < -0.39 is 0 Å². The highest BCUT2D eigenvalue weighted by Gasteiger charge is 2.08. The second-order valence-corrected chi connectivity index (χ2v) is 4.24. The molecular weight excluding hydrogens is 239 g/mol. The van der Waals surface area contributed by atoms with Gasteiger partial charge in [-0.1, -0.05) is 0 Å². The third-order valence-corrected chi connectivity index (χ3v) is 3.11. The van der Waals surface area contributed by atoms with Gasteiger partial charge in [0, 0.05) is 10.9 Å². The van der Waals surface area contributed by atoms with Gasteiger partial charge in [-0.15, -0.1) is 11.3 Å². The van der Waals surface area contributed by atoms with Gasteiger partial charge >= 0.3 is 0 Å². The molecule has 0 aliphatic rings. The number of H-pyrrole nitrogens is 1. The summed E-state index contributed by atoms with van der Waals surface area (Å²) in [5.41, 5.74) is 1.69. The minimum absolute atomic E-state index is 0.251. The first-order chi connectivity index (χ1) is 8.33. The summed E-state index contributed by atoms with van der Waals surface area (Å²) in [5.74, 6) is 0.391. The Kier molecular flexibility index (Phi) is 2.41. The van der Waals surface area contributed by atoms with E-state index in [9.17, 15) is 4.39 Å². The molecule has 0 spiro atoms. The van der Waals surface area contributed by atoms with Crippen LogP contribution < -0.4 is 0 Å². The SMILES string of the molecule is Fc1ccc(-c2csc(-c3ncn[nH]3)n2)cc1. The number of hydrogen-bond acceptors (Lipinski definition) is 4. The summed E-state index contributed by atoms with van der Waals surface area (Å²) >= 11 is 1.47. The van der Waals surface area contributed by atoms with Crippen LogP contribution in [0.15, 0.2) is 36.0 Å². The maximum atomic E-state index is 12.8. The quantitative estimate of drug-likeness (QED) is 0.756. The van der Waals surface area contributed by atoms with Crippen LogP contribution in [-0.4, -0.2) is 20.2 Å². The molecule has 84 valence electrons. The van der Waals surface area contributed by atoms with E-state index in [-0.39, 0.29) is 5.82 Å². The summed E-state index contributed by atoms with van der Waals surface area (Å²) in [5, 5.41) is 9.20. The molecule has 0 fully saturated rings. The largest absolute Gasteiger partial charge is 0.257 e. The number of thiazole rings is 1. The van der Waals surface area contributed by atoms with Crippen LogP contribution in [0.1, 0.15) is 0 Å². The second kappa shape index (κ2) is 4.06. The standard InChI is InChI=1S/C11H7FN4S/c12-8-3-1-7(2-4-8)9-5-17-11(15-9)10-13-6-14-16-10/h1-6H,(H,13,14,16). The van der Waals surface area contributed by atoms with Crippen LogP contribution in [-0.2, 0) is 0 Å². The molecule has 0 aliphatic carbocycles. The number of hydrogen-bond donors (Lipinski definition) is 1. The number of nitrogens with one attached hydrogen (secondary N) is 1. The van der Waals surface area contributed by atoms with E-state index in [0.29, 0.717) is 5.82 Å². The number of aromatic amines is 1. The van der Waals surface area contributed by atoms with Crippen molar-refractivity contribution in [2.75, 3.05) is 0 Å². The third kappa shape index (κ3) is 1.94. The molecule has 2 aromatic heterocycles. The van der Waals surface area contributed by atoms with Crippen LogP contribution in [0.5, 0.6) is 0 Å². The summed E-state index contributed by atoms with van der Waals surface area (Å²) in [6, 6.07) is 6.24. The van der Waals surface area contributed by atoms with Crippen molar-refractivity contribution in [2.24, 2.45) is 0 Å². The van der Waals surface area contributed by atoms with Gasteiger partial charge in [0.25, 0.3) is 0 Å². The van der Waals surface area contributed by atoms with Crippen LogP contribution >= 0.6 is 11.3 Å². The molecule has 0 amide bonds. The van der Waals surface area contributed by atoms with Gasteiger partial charge in [-0.3, -0.25) is 5.10 Å². The summed E-state index contributed by atoms with van der Waals surface area (Å²) in [6.45, 7) is 0. The third-order valence-electron chi connectivity index (χ3n) is 2.26. The highest BCUT2D eigenvalue weighted by Crippen LogP contribution is 2.26. The maximum absolute atomic E-state index is 12.8. The average molecular weight is 246 g/mol. The van der Waals surface area contributed by atoms with Gasteiger partial charge in [0.1, 0.15) is 12.1 Å². The van der Waals surface area contributed by atoms with Gasteiger partial charge in [0.2, 0.25) is 0 Å². The normalized spacial score (nSPS) is 10.6. The van der Waals surface area contributed by atoms with Crippen LogP contribution in [0.4, 0.5) is 4.39 Å². The molecule has 0 unspecified atom stereocenters. The number of rotatable bonds is 2. The molecule has 1 aromatic carbocycles. The van der Waals surface area contributed by atoms with E-state index in [4.69, 9.17) is 0 Å². The smallest absolute Gasteiger partial charge is 0.184 e. The zero-order valence-electron chi connectivity index (χ0n) is 8.59. The minimum Gasteiger partial charge on any atom is -0.257 e. The Hall–Kier alpha value is -2.08. The lowest BCUT2D eigenvalue weighted by Crippen LogP contribution is -1.82. The summed E-state index contributed by atoms with van der Waals surface area (Å²) in [6.07, 6.45) is 1.44. The van der Waals surface area contributed by atoms with E-state index in [1.165, 1.54) is 29.8 Å². The van der Waals surface area contributed by atoms with E-state index in [1.807, 2.05) is 5.38 Å². The lowest BCUT2D eigenvalue weighted by molar-refractivity contribution is 0.628. The molecule has 3 rings (SSSR count). The summed E-state index contributed by atoms with van der Waals surface area (Å²) in [7, 11) is 0. The van der Waals surface area contributed by atoms with Crippen molar-refractivity contribution in [2.45, 2.75) is 0 Å². The molecule has 1 N–H and O–H groups in total. The lowest BCUT2D eigenvalue weighted by Gasteiger charge is -1.95. The van der Waals surface area contributed by atoms with Crippen molar-refractivity contribution in [3.63, 3.8) is 0 Å². The molecule has 0 radical (unpaired) electrons. The van der Waals surface area contributed by atoms with Crippen molar-refractivity contribution in [1.82, 2.24) is 20.2 Å². The van der Waals surface area contributed by atoms with Crippen molar-refractivity contribution >= 4 is 11.3 Å². The zero-order chi connectivity index (χ0) is 11.7. The highest BCUT2D eigenvalue weighted by atomic mass is 32.1. The highest BCUT2D eigenvalue weighted by molar-refractivity contribution is 7.13. The Morgan fingerprint density at radius 3 is 2.71 bits per heavy atom. The molecule has 0 bridgehead atoms. The molecule has 0 saturated heterocycles. The minimum atomic E-state index is -0.251. The van der Waals surface area contributed by atoms with Crippen LogP contribution in [0, 0.1) is 5.82 Å². The Morgan fingerprint density at radius 2 is 2.00 bits per heavy atom. The monoisotopic (exact) mass is 246 g/mol. The maximum Gasteiger partial charge on any atom is 0.184 e. The first-order valence-electron chi connectivity index (χ1n) is 4.90. The number of nitrogens with zero attached hydrogens (tertiary/aromatic N) is 3. The van der Waals surface area contributed by atoms with Gasteiger partial charge in [0.05, 0.1) is 5.69 Å². The first kappa shape index (κ1) is 10.1. The molecule has 17 heavy (non-hydrogen) atoms. The van der Waals surface area contributed by atoms with Gasteiger partial charge < -0.3 is 0 Å². The predicted octanol–water partition coefficient (Wildman–Crippen LogP) is 2.73. The Morgan fingerprint density at radius 1 is 1.18 bits per heavy atom. The van der Waals surface area contributed by atoms with Gasteiger partial charge in [0.15, 0.2) is 10.8 Å².